The molecular formula is C27H34N2O5S. The molecule has 4 rings (SSSR count). The number of carbonyl (C=O) groups excluding carboxylic acids is 2. The van der Waals surface area contributed by atoms with E-state index < -0.39 is 10.0 Å². The molecule has 35 heavy (non-hydrogen) atoms. The van der Waals surface area contributed by atoms with E-state index in [1.165, 1.54) is 24.8 Å². The van der Waals surface area contributed by atoms with Crippen molar-refractivity contribution in [1.29, 1.82) is 0 Å². The number of piperidine rings is 1. The fourth-order valence-corrected chi connectivity index (χ4v) is 6.04. The predicted octanol–water partition coefficient (Wildman–Crippen LogP) is 4.07. The van der Waals surface area contributed by atoms with Crippen LogP contribution in [0.15, 0.2) is 47.4 Å². The molecule has 8 heteroatoms. The van der Waals surface area contributed by atoms with Gasteiger partial charge in [0.15, 0.2) is 5.78 Å². The van der Waals surface area contributed by atoms with E-state index in [-0.39, 0.29) is 34.3 Å². The fraction of sp³-hybridized carbons (Fsp3) is 0.481. The van der Waals surface area contributed by atoms with Crippen LogP contribution >= 0.6 is 0 Å². The number of methoxy groups -OCH3 is 1. The summed E-state index contributed by atoms with van der Waals surface area (Å²) in [4.78, 5) is 27.8. The van der Waals surface area contributed by atoms with E-state index in [1.54, 1.807) is 11.0 Å². The smallest absolute Gasteiger partial charge is 0.253 e. The molecule has 0 bridgehead atoms. The SMILES string of the molecule is COc1ccc(C(=O)N2CCC(C(=O)c3ccc(CC(C)C)cc3)CC2)cc1S(=O)(=O)NC1CC1. The summed E-state index contributed by atoms with van der Waals surface area (Å²) in [7, 11) is -2.37. The van der Waals surface area contributed by atoms with Gasteiger partial charge in [0.05, 0.1) is 7.11 Å². The van der Waals surface area contributed by atoms with E-state index in [0.29, 0.717) is 37.4 Å². The zero-order valence-corrected chi connectivity index (χ0v) is 21.4. The average molecular weight is 499 g/mol. The molecule has 2 fully saturated rings. The molecule has 1 heterocycles. The average Bonchev–Trinajstić information content (AvgIpc) is 3.66. The Morgan fingerprint density at radius 2 is 1.63 bits per heavy atom. The number of hydrogen-bond acceptors (Lipinski definition) is 5. The second kappa shape index (κ2) is 10.5. The quantitative estimate of drug-likeness (QED) is 0.526. The molecule has 2 aliphatic rings. The van der Waals surface area contributed by atoms with Gasteiger partial charge in [-0.2, -0.15) is 0 Å². The largest absolute Gasteiger partial charge is 0.495 e. The number of rotatable bonds is 9. The standard InChI is InChI=1S/C27H34N2O5S/c1-18(2)16-19-4-6-20(7-5-19)26(30)21-12-14-29(15-13-21)27(31)22-8-11-24(34-3)25(17-22)35(32,33)28-23-9-10-23/h4-8,11,17-18,21,23,28H,9-10,12-16H2,1-3H3. The fourth-order valence-electron chi connectivity index (χ4n) is 4.54. The lowest BCUT2D eigenvalue weighted by atomic mass is 9.88. The Morgan fingerprint density at radius 1 is 1.00 bits per heavy atom. The van der Waals surface area contributed by atoms with Crippen molar-refractivity contribution in [2.24, 2.45) is 11.8 Å². The molecule has 7 nitrogen and oxygen atoms in total. The zero-order valence-electron chi connectivity index (χ0n) is 20.6. The topological polar surface area (TPSA) is 92.8 Å². The minimum absolute atomic E-state index is 0.0243. The van der Waals surface area contributed by atoms with Crippen LogP contribution in [0.4, 0.5) is 0 Å². The van der Waals surface area contributed by atoms with Crippen molar-refractivity contribution < 1.29 is 22.7 Å². The van der Waals surface area contributed by atoms with Gasteiger partial charge in [-0.1, -0.05) is 38.1 Å². The summed E-state index contributed by atoms with van der Waals surface area (Å²) in [5.41, 5.74) is 2.24. The number of benzene rings is 2. The maximum atomic E-state index is 13.2. The summed E-state index contributed by atoms with van der Waals surface area (Å²) in [5, 5.41) is 0. The van der Waals surface area contributed by atoms with E-state index in [2.05, 4.69) is 18.6 Å². The van der Waals surface area contributed by atoms with Gasteiger partial charge in [-0.3, -0.25) is 9.59 Å². The van der Waals surface area contributed by atoms with Crippen LogP contribution in [0.3, 0.4) is 0 Å². The lowest BCUT2D eigenvalue weighted by molar-refractivity contribution is 0.0650. The number of ether oxygens (including phenoxy) is 1. The molecule has 2 aromatic rings. The number of carbonyl (C=O) groups is 2. The van der Waals surface area contributed by atoms with Crippen LogP contribution < -0.4 is 9.46 Å². The minimum atomic E-state index is -3.78. The van der Waals surface area contributed by atoms with Gasteiger partial charge in [0, 0.05) is 36.2 Å². The summed E-state index contributed by atoms with van der Waals surface area (Å²) in [6.07, 6.45) is 3.79. The van der Waals surface area contributed by atoms with Crippen molar-refractivity contribution in [3.8, 4) is 5.75 Å². The number of likely N-dealkylation sites (tertiary alicyclic amines) is 1. The van der Waals surface area contributed by atoms with Crippen LogP contribution in [-0.2, 0) is 16.4 Å². The lowest BCUT2D eigenvalue weighted by Gasteiger charge is -2.31. The predicted molar refractivity (Wildman–Crippen MR) is 134 cm³/mol. The maximum absolute atomic E-state index is 13.2. The van der Waals surface area contributed by atoms with Crippen molar-refractivity contribution in [3.05, 3.63) is 59.2 Å². The lowest BCUT2D eigenvalue weighted by Crippen LogP contribution is -2.40. The van der Waals surface area contributed by atoms with Crippen molar-refractivity contribution in [3.63, 3.8) is 0 Å². The zero-order chi connectivity index (χ0) is 25.2. The van der Waals surface area contributed by atoms with Crippen molar-refractivity contribution in [1.82, 2.24) is 9.62 Å². The second-order valence-electron chi connectivity index (χ2n) is 9.99. The minimum Gasteiger partial charge on any atom is -0.495 e. The number of Topliss-reactive ketones (excluding diaryl/α,β-unsaturated/α-hetero) is 1. The van der Waals surface area contributed by atoms with Gasteiger partial charge < -0.3 is 9.64 Å². The van der Waals surface area contributed by atoms with Gasteiger partial charge in [0.2, 0.25) is 10.0 Å². The van der Waals surface area contributed by atoms with Gasteiger partial charge >= 0.3 is 0 Å². The van der Waals surface area contributed by atoms with Crippen LogP contribution in [0.2, 0.25) is 0 Å². The third-order valence-electron chi connectivity index (χ3n) is 6.63. The first-order chi connectivity index (χ1) is 16.7. The molecule has 188 valence electrons. The molecule has 2 aromatic carbocycles. The van der Waals surface area contributed by atoms with Gasteiger partial charge in [-0.15, -0.1) is 0 Å². The van der Waals surface area contributed by atoms with E-state index in [0.717, 1.165) is 24.8 Å². The Bertz CT molecular complexity index is 1180. The first-order valence-corrected chi connectivity index (χ1v) is 13.8. The highest BCUT2D eigenvalue weighted by Gasteiger charge is 2.32. The molecule has 1 aliphatic carbocycles. The van der Waals surface area contributed by atoms with Crippen LogP contribution in [-0.4, -0.2) is 51.2 Å². The number of amides is 1. The van der Waals surface area contributed by atoms with Gasteiger partial charge in [-0.05, 0) is 61.8 Å². The molecular weight excluding hydrogens is 464 g/mol. The molecule has 1 saturated heterocycles. The summed E-state index contributed by atoms with van der Waals surface area (Å²) in [6, 6.07) is 12.3. The van der Waals surface area contributed by atoms with Crippen LogP contribution in [0.5, 0.6) is 5.75 Å². The second-order valence-corrected chi connectivity index (χ2v) is 11.7. The normalized spacial score (nSPS) is 17.0. The van der Waals surface area contributed by atoms with E-state index >= 15 is 0 Å². The monoisotopic (exact) mass is 498 g/mol. The van der Waals surface area contributed by atoms with E-state index in [4.69, 9.17) is 4.74 Å². The Morgan fingerprint density at radius 3 is 2.20 bits per heavy atom. The highest BCUT2D eigenvalue weighted by atomic mass is 32.2. The molecule has 0 unspecified atom stereocenters. The van der Waals surface area contributed by atoms with Gasteiger partial charge in [-0.25, -0.2) is 13.1 Å². The molecule has 1 amide bonds. The maximum Gasteiger partial charge on any atom is 0.253 e. The molecule has 0 atom stereocenters. The highest BCUT2D eigenvalue weighted by Crippen LogP contribution is 2.30. The van der Waals surface area contributed by atoms with E-state index in [9.17, 15) is 18.0 Å². The molecule has 0 spiro atoms. The summed E-state index contributed by atoms with van der Waals surface area (Å²) in [5.74, 6) is 0.536. The Kier molecular flexibility index (Phi) is 7.62. The highest BCUT2D eigenvalue weighted by molar-refractivity contribution is 7.89. The van der Waals surface area contributed by atoms with Crippen LogP contribution in [0.25, 0.3) is 0 Å². The molecule has 0 radical (unpaired) electrons. The Balaban J connectivity index is 1.41. The first kappa shape index (κ1) is 25.4. The third-order valence-corrected chi connectivity index (χ3v) is 8.18. The van der Waals surface area contributed by atoms with Crippen molar-refractivity contribution in [2.75, 3.05) is 20.2 Å². The number of hydrogen-bond donors (Lipinski definition) is 1. The first-order valence-electron chi connectivity index (χ1n) is 12.3. The van der Waals surface area contributed by atoms with E-state index in [1.807, 2.05) is 24.3 Å². The molecule has 1 saturated carbocycles. The molecule has 1 aliphatic heterocycles. The van der Waals surface area contributed by atoms with Crippen molar-refractivity contribution >= 4 is 21.7 Å². The van der Waals surface area contributed by atoms with Gasteiger partial charge in [0.1, 0.15) is 10.6 Å². The number of ketones is 1. The number of nitrogens with one attached hydrogen (secondary N) is 1. The summed E-state index contributed by atoms with van der Waals surface area (Å²) >= 11 is 0. The molecule has 0 aromatic heterocycles. The molecule has 1 N–H and O–H groups in total. The van der Waals surface area contributed by atoms with Crippen LogP contribution in [0.1, 0.15) is 65.8 Å². The third kappa shape index (κ3) is 6.11. The Hall–Kier alpha value is -2.71. The van der Waals surface area contributed by atoms with Gasteiger partial charge in [0.25, 0.3) is 5.91 Å². The Labute approximate surface area is 207 Å². The van der Waals surface area contributed by atoms with Crippen molar-refractivity contribution in [2.45, 2.75) is 56.9 Å². The number of sulfonamides is 1. The summed E-state index contributed by atoms with van der Waals surface area (Å²) < 4.78 is 33.5. The summed E-state index contributed by atoms with van der Waals surface area (Å²) in [6.45, 7) is 5.25. The van der Waals surface area contributed by atoms with Crippen LogP contribution in [0, 0.1) is 11.8 Å². The number of nitrogens with zero attached hydrogens (tertiary/aromatic N) is 1.